The molecule has 3 aromatic rings. The van der Waals surface area contributed by atoms with Gasteiger partial charge in [0, 0.05) is 28.8 Å². The summed E-state index contributed by atoms with van der Waals surface area (Å²) < 4.78 is 11.8. The Labute approximate surface area is 164 Å². The minimum atomic E-state index is -1.38. The molecular formula is C22H14O7. The molecule has 3 N–H and O–H groups in total. The predicted octanol–water partition coefficient (Wildman–Crippen LogP) is 3.29. The molecule has 2 aliphatic rings. The van der Waals surface area contributed by atoms with Crippen LogP contribution in [0.25, 0.3) is 0 Å². The van der Waals surface area contributed by atoms with Crippen molar-refractivity contribution in [2.45, 2.75) is 12.0 Å². The molecule has 0 saturated carbocycles. The Morgan fingerprint density at radius 2 is 1.52 bits per heavy atom. The number of benzene rings is 3. The molecule has 2 heterocycles. The maximum Gasteiger partial charge on any atom is 0.340 e. The van der Waals surface area contributed by atoms with Gasteiger partial charge in [-0.3, -0.25) is 4.79 Å². The second-order valence-electron chi connectivity index (χ2n) is 6.94. The van der Waals surface area contributed by atoms with Crippen molar-refractivity contribution >= 4 is 11.9 Å². The highest BCUT2D eigenvalue weighted by atomic mass is 16.6. The lowest BCUT2D eigenvalue weighted by molar-refractivity contribution is -0.136. The summed E-state index contributed by atoms with van der Waals surface area (Å²) in [5.41, 5.74) is 0.647. The maximum atomic E-state index is 12.9. The summed E-state index contributed by atoms with van der Waals surface area (Å²) in [4.78, 5) is 24.2. The van der Waals surface area contributed by atoms with Gasteiger partial charge in [-0.1, -0.05) is 18.2 Å². The Bertz CT molecular complexity index is 1160. The van der Waals surface area contributed by atoms with Gasteiger partial charge in [-0.25, -0.2) is 4.79 Å². The van der Waals surface area contributed by atoms with E-state index in [9.17, 15) is 24.9 Å². The van der Waals surface area contributed by atoms with E-state index in [1.165, 1.54) is 24.3 Å². The SMILES string of the molecule is O=C(O)Cc1cccc2c1C(=O)OC21c2ccc(O)cc2Oc2cc(O)ccc21. The number of carbonyl (C=O) groups is 2. The number of fused-ring (bicyclic) bond motifs is 6. The van der Waals surface area contributed by atoms with Crippen molar-refractivity contribution in [2.24, 2.45) is 0 Å². The molecule has 29 heavy (non-hydrogen) atoms. The fourth-order valence-electron chi connectivity index (χ4n) is 4.13. The van der Waals surface area contributed by atoms with Gasteiger partial charge in [-0.15, -0.1) is 0 Å². The molecular weight excluding hydrogens is 376 g/mol. The molecule has 0 amide bonds. The lowest BCUT2D eigenvalue weighted by Gasteiger charge is -2.36. The van der Waals surface area contributed by atoms with E-state index < -0.39 is 17.5 Å². The maximum absolute atomic E-state index is 12.9. The Kier molecular flexibility index (Phi) is 3.39. The number of hydrogen-bond acceptors (Lipinski definition) is 6. The zero-order valence-electron chi connectivity index (χ0n) is 14.9. The molecule has 7 nitrogen and oxygen atoms in total. The number of ether oxygens (including phenoxy) is 2. The first-order valence-electron chi connectivity index (χ1n) is 8.82. The van der Waals surface area contributed by atoms with E-state index in [0.29, 0.717) is 22.3 Å². The molecule has 0 atom stereocenters. The molecule has 2 aliphatic heterocycles. The molecule has 0 saturated heterocycles. The van der Waals surface area contributed by atoms with Crippen LogP contribution in [-0.2, 0) is 21.6 Å². The largest absolute Gasteiger partial charge is 0.508 e. The van der Waals surface area contributed by atoms with Crippen LogP contribution in [0.4, 0.5) is 0 Å². The van der Waals surface area contributed by atoms with Gasteiger partial charge in [0.25, 0.3) is 0 Å². The van der Waals surface area contributed by atoms with Crippen LogP contribution >= 0.6 is 0 Å². The summed E-state index contributed by atoms with van der Waals surface area (Å²) in [6.45, 7) is 0. The first-order chi connectivity index (χ1) is 13.9. The van der Waals surface area contributed by atoms with Gasteiger partial charge in [-0.2, -0.15) is 0 Å². The van der Waals surface area contributed by atoms with Gasteiger partial charge in [0.1, 0.15) is 23.0 Å². The van der Waals surface area contributed by atoms with Crippen LogP contribution in [-0.4, -0.2) is 27.3 Å². The monoisotopic (exact) mass is 390 g/mol. The summed E-state index contributed by atoms with van der Waals surface area (Å²) in [7, 11) is 0. The topological polar surface area (TPSA) is 113 Å². The minimum Gasteiger partial charge on any atom is -0.508 e. The highest BCUT2D eigenvalue weighted by Gasteiger charge is 2.54. The summed E-state index contributed by atoms with van der Waals surface area (Å²) in [5.74, 6) is -1.23. The lowest BCUT2D eigenvalue weighted by Crippen LogP contribution is -2.32. The third-order valence-corrected chi connectivity index (χ3v) is 5.23. The van der Waals surface area contributed by atoms with E-state index in [0.717, 1.165) is 0 Å². The number of hydrogen-bond donors (Lipinski definition) is 3. The molecule has 144 valence electrons. The number of aromatic hydroxyl groups is 2. The van der Waals surface area contributed by atoms with Crippen LogP contribution in [0.5, 0.6) is 23.0 Å². The van der Waals surface area contributed by atoms with Crippen LogP contribution < -0.4 is 4.74 Å². The number of rotatable bonds is 2. The number of carboxylic acid groups (broad SMARTS) is 1. The van der Waals surface area contributed by atoms with Crippen molar-refractivity contribution in [3.63, 3.8) is 0 Å². The van der Waals surface area contributed by atoms with Crippen molar-refractivity contribution in [1.29, 1.82) is 0 Å². The molecule has 1 spiro atoms. The first kappa shape index (κ1) is 17.1. The number of aliphatic carboxylic acids is 1. The average Bonchev–Trinajstić information content (AvgIpc) is 2.95. The molecule has 3 aromatic carbocycles. The first-order valence-corrected chi connectivity index (χ1v) is 8.82. The van der Waals surface area contributed by atoms with E-state index in [1.54, 1.807) is 30.3 Å². The molecule has 0 aromatic heterocycles. The predicted molar refractivity (Wildman–Crippen MR) is 99.4 cm³/mol. The van der Waals surface area contributed by atoms with Gasteiger partial charge in [0.05, 0.1) is 12.0 Å². The van der Waals surface area contributed by atoms with Gasteiger partial charge in [0.2, 0.25) is 0 Å². The van der Waals surface area contributed by atoms with Crippen LogP contribution in [0.15, 0.2) is 54.6 Å². The zero-order valence-corrected chi connectivity index (χ0v) is 14.9. The standard InChI is InChI=1S/C22H14O7/c23-12-4-6-14-17(9-12)28-18-10-13(24)5-7-15(18)22(14)16-3-1-2-11(8-19(25)26)20(16)21(27)29-22/h1-7,9-10,23-24H,8H2,(H,25,26). The van der Waals surface area contributed by atoms with Crippen LogP contribution in [0.2, 0.25) is 0 Å². The van der Waals surface area contributed by atoms with Gasteiger partial charge >= 0.3 is 11.9 Å². The van der Waals surface area contributed by atoms with E-state index in [4.69, 9.17) is 9.47 Å². The van der Waals surface area contributed by atoms with Gasteiger partial charge in [-0.05, 0) is 29.8 Å². The third-order valence-electron chi connectivity index (χ3n) is 5.23. The van der Waals surface area contributed by atoms with E-state index in [2.05, 4.69) is 0 Å². The molecule has 7 heteroatoms. The molecule has 0 radical (unpaired) electrons. The number of carbonyl (C=O) groups excluding carboxylic acids is 1. The van der Waals surface area contributed by atoms with Crippen molar-refractivity contribution in [3.8, 4) is 23.0 Å². The second kappa shape index (κ2) is 5.75. The third kappa shape index (κ3) is 2.30. The summed E-state index contributed by atoms with van der Waals surface area (Å²) in [6, 6.07) is 13.9. The highest BCUT2D eigenvalue weighted by molar-refractivity contribution is 5.99. The molecule has 5 rings (SSSR count). The molecule has 0 bridgehead atoms. The van der Waals surface area contributed by atoms with Gasteiger partial charge < -0.3 is 24.8 Å². The Morgan fingerprint density at radius 3 is 2.10 bits per heavy atom. The molecule has 0 aliphatic carbocycles. The highest BCUT2D eigenvalue weighted by Crippen LogP contribution is 2.57. The summed E-state index contributed by atoms with van der Waals surface area (Å²) >= 11 is 0. The fraction of sp³-hybridized carbons (Fsp3) is 0.0909. The fourth-order valence-corrected chi connectivity index (χ4v) is 4.13. The number of phenols is 2. The Balaban J connectivity index is 1.86. The second-order valence-corrected chi connectivity index (χ2v) is 6.94. The van der Waals surface area contributed by atoms with Crippen molar-refractivity contribution in [2.75, 3.05) is 0 Å². The van der Waals surface area contributed by atoms with Crippen molar-refractivity contribution < 1.29 is 34.4 Å². The lowest BCUT2D eigenvalue weighted by atomic mass is 9.77. The zero-order chi connectivity index (χ0) is 20.3. The van der Waals surface area contributed by atoms with Crippen molar-refractivity contribution in [1.82, 2.24) is 0 Å². The summed E-state index contributed by atoms with van der Waals surface area (Å²) in [6.07, 6.45) is -0.324. The van der Waals surface area contributed by atoms with E-state index in [1.807, 2.05) is 0 Å². The van der Waals surface area contributed by atoms with Crippen LogP contribution in [0.3, 0.4) is 0 Å². The average molecular weight is 390 g/mol. The number of carboxylic acids is 1. The minimum absolute atomic E-state index is 0.0355. The summed E-state index contributed by atoms with van der Waals surface area (Å²) in [5, 5.41) is 29.1. The van der Waals surface area contributed by atoms with Crippen LogP contribution in [0, 0.1) is 0 Å². The molecule has 0 fully saturated rings. The quantitative estimate of drug-likeness (QED) is 0.576. The smallest absolute Gasteiger partial charge is 0.340 e. The number of phenolic OH excluding ortho intramolecular Hbond substituents is 2. The van der Waals surface area contributed by atoms with Crippen molar-refractivity contribution in [3.05, 3.63) is 82.4 Å². The van der Waals surface area contributed by atoms with Crippen LogP contribution in [0.1, 0.15) is 32.6 Å². The molecule has 0 unspecified atom stereocenters. The Morgan fingerprint density at radius 1 is 0.897 bits per heavy atom. The van der Waals surface area contributed by atoms with E-state index >= 15 is 0 Å². The Hall–Kier alpha value is -4.00. The van der Waals surface area contributed by atoms with Gasteiger partial charge in [0.15, 0.2) is 5.60 Å². The normalized spacial score (nSPS) is 15.1. The van der Waals surface area contributed by atoms with E-state index in [-0.39, 0.29) is 35.0 Å². The number of esters is 1.